The van der Waals surface area contributed by atoms with E-state index >= 15 is 0 Å². The highest BCUT2D eigenvalue weighted by Gasteiger charge is 2.16. The standard InChI is InChI=1S/C15H16FN3O/c1-9-4-5-10(2)12(8-9)19-15(20)11-6-7-18-14(17-3)13(11)16/h4-8H,1-3H3,(H,17,18)(H,19,20). The Labute approximate surface area is 117 Å². The third kappa shape index (κ3) is 2.77. The molecule has 1 heterocycles. The van der Waals surface area contributed by atoms with Crippen molar-refractivity contribution < 1.29 is 9.18 Å². The van der Waals surface area contributed by atoms with Gasteiger partial charge in [-0.2, -0.15) is 0 Å². The van der Waals surface area contributed by atoms with Crippen molar-refractivity contribution in [2.45, 2.75) is 13.8 Å². The number of pyridine rings is 1. The van der Waals surface area contributed by atoms with Gasteiger partial charge >= 0.3 is 0 Å². The van der Waals surface area contributed by atoms with Gasteiger partial charge in [-0.25, -0.2) is 9.37 Å². The maximum absolute atomic E-state index is 14.0. The molecule has 1 aromatic heterocycles. The van der Waals surface area contributed by atoms with Crippen LogP contribution in [-0.2, 0) is 0 Å². The number of nitrogens with zero attached hydrogens (tertiary/aromatic N) is 1. The summed E-state index contributed by atoms with van der Waals surface area (Å²) in [6.07, 6.45) is 1.40. The number of aromatic nitrogens is 1. The number of halogens is 1. The second kappa shape index (κ2) is 5.69. The predicted octanol–water partition coefficient (Wildman–Crippen LogP) is 3.13. The van der Waals surface area contributed by atoms with Crippen molar-refractivity contribution in [2.24, 2.45) is 0 Å². The quantitative estimate of drug-likeness (QED) is 0.903. The molecule has 0 aliphatic carbocycles. The molecule has 0 atom stereocenters. The highest BCUT2D eigenvalue weighted by Crippen LogP contribution is 2.20. The third-order valence-corrected chi connectivity index (χ3v) is 3.01. The fourth-order valence-corrected chi connectivity index (χ4v) is 1.85. The van der Waals surface area contributed by atoms with E-state index in [0.29, 0.717) is 5.69 Å². The lowest BCUT2D eigenvalue weighted by Gasteiger charge is -2.11. The van der Waals surface area contributed by atoms with Crippen LogP contribution in [0.15, 0.2) is 30.5 Å². The van der Waals surface area contributed by atoms with Crippen molar-refractivity contribution in [3.05, 3.63) is 53.0 Å². The summed E-state index contributed by atoms with van der Waals surface area (Å²) in [6, 6.07) is 7.08. The number of anilines is 2. The molecule has 0 unspecified atom stereocenters. The van der Waals surface area contributed by atoms with Crippen LogP contribution >= 0.6 is 0 Å². The molecule has 0 saturated heterocycles. The monoisotopic (exact) mass is 273 g/mol. The maximum Gasteiger partial charge on any atom is 0.258 e. The van der Waals surface area contributed by atoms with E-state index in [1.54, 1.807) is 7.05 Å². The molecule has 0 spiro atoms. The van der Waals surface area contributed by atoms with Gasteiger partial charge in [-0.1, -0.05) is 12.1 Å². The highest BCUT2D eigenvalue weighted by molar-refractivity contribution is 6.05. The number of hydrogen-bond donors (Lipinski definition) is 2. The molecule has 0 fully saturated rings. The van der Waals surface area contributed by atoms with Gasteiger partial charge < -0.3 is 10.6 Å². The van der Waals surface area contributed by atoms with Crippen molar-refractivity contribution in [1.82, 2.24) is 4.98 Å². The lowest BCUT2D eigenvalue weighted by atomic mass is 10.1. The van der Waals surface area contributed by atoms with Gasteiger partial charge in [0.05, 0.1) is 5.56 Å². The first kappa shape index (κ1) is 14.0. The molecule has 0 saturated carbocycles. The van der Waals surface area contributed by atoms with E-state index in [1.807, 2.05) is 32.0 Å². The molecular weight excluding hydrogens is 257 g/mol. The summed E-state index contributed by atoms with van der Waals surface area (Å²) in [7, 11) is 1.55. The van der Waals surface area contributed by atoms with Crippen molar-refractivity contribution >= 4 is 17.4 Å². The zero-order valence-electron chi connectivity index (χ0n) is 11.6. The third-order valence-electron chi connectivity index (χ3n) is 3.01. The van der Waals surface area contributed by atoms with Crippen molar-refractivity contribution in [1.29, 1.82) is 0 Å². The number of amides is 1. The number of nitrogens with one attached hydrogen (secondary N) is 2. The van der Waals surface area contributed by atoms with Crippen LogP contribution in [0.3, 0.4) is 0 Å². The van der Waals surface area contributed by atoms with Crippen LogP contribution in [-0.4, -0.2) is 17.9 Å². The van der Waals surface area contributed by atoms with Crippen LogP contribution in [0.2, 0.25) is 0 Å². The normalized spacial score (nSPS) is 10.2. The van der Waals surface area contributed by atoms with Gasteiger partial charge in [-0.3, -0.25) is 4.79 Å². The fraction of sp³-hybridized carbons (Fsp3) is 0.200. The Morgan fingerprint density at radius 3 is 2.70 bits per heavy atom. The van der Waals surface area contributed by atoms with E-state index in [-0.39, 0.29) is 11.4 Å². The zero-order chi connectivity index (χ0) is 14.7. The Morgan fingerprint density at radius 2 is 2.00 bits per heavy atom. The first-order valence-corrected chi connectivity index (χ1v) is 6.23. The maximum atomic E-state index is 14.0. The number of rotatable bonds is 3. The molecule has 1 aromatic carbocycles. The number of carbonyl (C=O) groups excluding carboxylic acids is 1. The predicted molar refractivity (Wildman–Crippen MR) is 77.6 cm³/mol. The molecule has 0 aliphatic heterocycles. The van der Waals surface area contributed by atoms with E-state index in [9.17, 15) is 9.18 Å². The minimum Gasteiger partial charge on any atom is -0.371 e. The highest BCUT2D eigenvalue weighted by atomic mass is 19.1. The average molecular weight is 273 g/mol. The van der Waals surface area contributed by atoms with Crippen LogP contribution in [0.4, 0.5) is 15.9 Å². The number of carbonyl (C=O) groups is 1. The van der Waals surface area contributed by atoms with Gasteiger partial charge in [0.1, 0.15) is 0 Å². The first-order chi connectivity index (χ1) is 9.52. The number of aryl methyl sites for hydroxylation is 2. The second-order valence-corrected chi connectivity index (χ2v) is 4.54. The molecule has 0 bridgehead atoms. The average Bonchev–Trinajstić information content (AvgIpc) is 2.43. The van der Waals surface area contributed by atoms with Gasteiger partial charge in [0.2, 0.25) is 0 Å². The first-order valence-electron chi connectivity index (χ1n) is 6.23. The summed E-state index contributed by atoms with van der Waals surface area (Å²) >= 11 is 0. The SMILES string of the molecule is CNc1nccc(C(=O)Nc2cc(C)ccc2C)c1F. The van der Waals surface area contributed by atoms with Crippen molar-refractivity contribution in [3.8, 4) is 0 Å². The van der Waals surface area contributed by atoms with Crippen LogP contribution in [0.1, 0.15) is 21.5 Å². The largest absolute Gasteiger partial charge is 0.371 e. The molecule has 2 rings (SSSR count). The summed E-state index contributed by atoms with van der Waals surface area (Å²) < 4.78 is 14.0. The van der Waals surface area contributed by atoms with Crippen molar-refractivity contribution in [3.63, 3.8) is 0 Å². The van der Waals surface area contributed by atoms with Crippen LogP contribution in [0.25, 0.3) is 0 Å². The molecule has 2 N–H and O–H groups in total. The summed E-state index contributed by atoms with van der Waals surface area (Å²) in [5.41, 5.74) is 2.59. The lowest BCUT2D eigenvalue weighted by molar-refractivity contribution is 0.102. The Balaban J connectivity index is 2.31. The minimum absolute atomic E-state index is 0.0368. The minimum atomic E-state index is -0.655. The molecule has 0 aliphatic rings. The molecule has 2 aromatic rings. The molecule has 0 radical (unpaired) electrons. The van der Waals surface area contributed by atoms with Gasteiger partial charge in [0.15, 0.2) is 11.6 Å². The zero-order valence-corrected chi connectivity index (χ0v) is 11.6. The summed E-state index contributed by atoms with van der Waals surface area (Å²) in [4.78, 5) is 16.0. The van der Waals surface area contributed by atoms with E-state index in [1.165, 1.54) is 12.3 Å². The fourth-order valence-electron chi connectivity index (χ4n) is 1.85. The Hall–Kier alpha value is -2.43. The molecule has 4 nitrogen and oxygen atoms in total. The summed E-state index contributed by atoms with van der Waals surface area (Å²) in [5.74, 6) is -1.09. The van der Waals surface area contributed by atoms with E-state index in [0.717, 1.165) is 11.1 Å². The summed E-state index contributed by atoms with van der Waals surface area (Å²) in [5, 5.41) is 5.33. The smallest absolute Gasteiger partial charge is 0.258 e. The van der Waals surface area contributed by atoms with E-state index in [4.69, 9.17) is 0 Å². The van der Waals surface area contributed by atoms with E-state index < -0.39 is 11.7 Å². The van der Waals surface area contributed by atoms with Crippen molar-refractivity contribution in [2.75, 3.05) is 17.7 Å². The molecule has 1 amide bonds. The molecule has 20 heavy (non-hydrogen) atoms. The van der Waals surface area contributed by atoms with Gasteiger partial charge in [0, 0.05) is 18.9 Å². The number of benzene rings is 1. The topological polar surface area (TPSA) is 54.0 Å². The molecule has 5 heteroatoms. The molecule has 104 valence electrons. The second-order valence-electron chi connectivity index (χ2n) is 4.54. The van der Waals surface area contributed by atoms with Gasteiger partial charge in [-0.15, -0.1) is 0 Å². The van der Waals surface area contributed by atoms with Gasteiger partial charge in [-0.05, 0) is 37.1 Å². The summed E-state index contributed by atoms with van der Waals surface area (Å²) in [6.45, 7) is 3.82. The van der Waals surface area contributed by atoms with E-state index in [2.05, 4.69) is 15.6 Å². The Morgan fingerprint density at radius 1 is 1.25 bits per heavy atom. The van der Waals surface area contributed by atoms with Gasteiger partial charge in [0.25, 0.3) is 5.91 Å². The molecular formula is C15H16FN3O. The van der Waals surface area contributed by atoms with Crippen LogP contribution < -0.4 is 10.6 Å². The van der Waals surface area contributed by atoms with Crippen LogP contribution in [0, 0.1) is 19.7 Å². The number of hydrogen-bond acceptors (Lipinski definition) is 3. The van der Waals surface area contributed by atoms with Crippen LogP contribution in [0.5, 0.6) is 0 Å². The lowest BCUT2D eigenvalue weighted by Crippen LogP contribution is -2.16. The Bertz CT molecular complexity index is 656. The Kier molecular flexibility index (Phi) is 3.98.